The van der Waals surface area contributed by atoms with Crippen molar-refractivity contribution in [1.82, 2.24) is 5.32 Å². The first kappa shape index (κ1) is 15.6. The van der Waals surface area contributed by atoms with Crippen LogP contribution in [-0.2, 0) is 5.41 Å². The Hall–Kier alpha value is -2.34. The van der Waals surface area contributed by atoms with E-state index in [4.69, 9.17) is 21.1 Å². The number of furan rings is 1. The van der Waals surface area contributed by atoms with Crippen LogP contribution in [0.15, 0.2) is 34.9 Å². The zero-order valence-corrected chi connectivity index (χ0v) is 12.7. The first-order chi connectivity index (χ1) is 10.9. The molecule has 2 aromatic rings. The van der Waals surface area contributed by atoms with Crippen molar-refractivity contribution in [3.63, 3.8) is 0 Å². The minimum Gasteiger partial charge on any atom is -0.478 e. The third-order valence-corrected chi connectivity index (χ3v) is 4.33. The summed E-state index contributed by atoms with van der Waals surface area (Å²) in [5, 5.41) is 11.9. The van der Waals surface area contributed by atoms with Gasteiger partial charge in [-0.05, 0) is 30.5 Å². The molecule has 1 aromatic heterocycles. The molecular weight excluding hydrogens is 325 g/mol. The molecule has 0 bridgehead atoms. The van der Waals surface area contributed by atoms with Crippen LogP contribution in [-0.4, -0.2) is 23.5 Å². The molecule has 2 N–H and O–H groups in total. The number of hydrogen-bond acceptors (Lipinski definition) is 3. The third kappa shape index (κ3) is 3.07. The fourth-order valence-corrected chi connectivity index (χ4v) is 2.88. The lowest BCUT2D eigenvalue weighted by Crippen LogP contribution is -2.32. The zero-order valence-electron chi connectivity index (χ0n) is 11.9. The van der Waals surface area contributed by atoms with E-state index >= 15 is 0 Å². The van der Waals surface area contributed by atoms with Crippen LogP contribution in [0, 0.1) is 5.82 Å². The fraction of sp³-hybridized carbons (Fsp3) is 0.250. The second kappa shape index (κ2) is 5.70. The van der Waals surface area contributed by atoms with E-state index in [1.807, 2.05) is 0 Å². The van der Waals surface area contributed by atoms with Crippen molar-refractivity contribution >= 4 is 23.5 Å². The van der Waals surface area contributed by atoms with Gasteiger partial charge in [-0.1, -0.05) is 17.7 Å². The Morgan fingerprint density at radius 1 is 1.35 bits per heavy atom. The van der Waals surface area contributed by atoms with E-state index in [0.717, 1.165) is 24.7 Å². The number of halogens is 2. The average Bonchev–Trinajstić information content (AvgIpc) is 3.10. The molecule has 1 aliphatic carbocycles. The van der Waals surface area contributed by atoms with Crippen LogP contribution < -0.4 is 5.32 Å². The number of benzene rings is 1. The number of carbonyl (C=O) groups excluding carboxylic acids is 1. The van der Waals surface area contributed by atoms with Gasteiger partial charge in [-0.15, -0.1) is 0 Å². The molecule has 1 heterocycles. The summed E-state index contributed by atoms with van der Waals surface area (Å²) in [6.45, 7) is 0.320. The normalized spacial score (nSPS) is 15.2. The summed E-state index contributed by atoms with van der Waals surface area (Å²) in [4.78, 5) is 22.8. The van der Waals surface area contributed by atoms with Gasteiger partial charge in [0.2, 0.25) is 0 Å². The second-order valence-electron chi connectivity index (χ2n) is 5.59. The predicted octanol–water partition coefficient (Wildman–Crippen LogP) is 3.23. The quantitative estimate of drug-likeness (QED) is 0.877. The lowest BCUT2D eigenvalue weighted by Gasteiger charge is -2.17. The summed E-state index contributed by atoms with van der Waals surface area (Å²) in [5.74, 6) is -2.13. The van der Waals surface area contributed by atoms with Crippen LogP contribution in [0.25, 0.3) is 0 Å². The SMILES string of the molecule is O=C(O)c1coc(C(=O)NCC2(c3ccc(F)cc3Cl)CC2)c1. The topological polar surface area (TPSA) is 79.5 Å². The largest absolute Gasteiger partial charge is 0.478 e. The lowest BCUT2D eigenvalue weighted by atomic mass is 9.95. The van der Waals surface area contributed by atoms with Crippen molar-refractivity contribution in [2.24, 2.45) is 0 Å². The Kier molecular flexibility index (Phi) is 3.85. The number of nitrogens with one attached hydrogen (secondary N) is 1. The Morgan fingerprint density at radius 2 is 2.09 bits per heavy atom. The predicted molar refractivity (Wildman–Crippen MR) is 80.3 cm³/mol. The number of hydrogen-bond donors (Lipinski definition) is 2. The molecule has 0 radical (unpaired) electrons. The summed E-state index contributed by atoms with van der Waals surface area (Å²) in [6.07, 6.45) is 2.68. The molecule has 1 amide bonds. The summed E-state index contributed by atoms with van der Waals surface area (Å²) >= 11 is 6.09. The minimum absolute atomic E-state index is 0.0663. The van der Waals surface area contributed by atoms with Crippen LogP contribution >= 0.6 is 11.6 Å². The number of rotatable bonds is 5. The first-order valence-corrected chi connectivity index (χ1v) is 7.35. The highest BCUT2D eigenvalue weighted by Gasteiger charge is 2.45. The molecule has 120 valence electrons. The Morgan fingerprint density at radius 3 is 2.65 bits per heavy atom. The molecule has 1 aromatic carbocycles. The van der Waals surface area contributed by atoms with Gasteiger partial charge >= 0.3 is 5.97 Å². The number of carboxylic acid groups (broad SMARTS) is 1. The highest BCUT2D eigenvalue weighted by Crippen LogP contribution is 2.50. The van der Waals surface area contributed by atoms with Gasteiger partial charge in [0.25, 0.3) is 5.91 Å². The van der Waals surface area contributed by atoms with Crippen molar-refractivity contribution in [3.8, 4) is 0 Å². The molecule has 0 spiro atoms. The molecule has 3 rings (SSSR count). The number of amides is 1. The van der Waals surface area contributed by atoms with Gasteiger partial charge in [0, 0.05) is 23.0 Å². The van der Waals surface area contributed by atoms with Gasteiger partial charge in [-0.2, -0.15) is 0 Å². The molecule has 0 saturated heterocycles. The van der Waals surface area contributed by atoms with E-state index in [0.29, 0.717) is 11.6 Å². The molecule has 0 unspecified atom stereocenters. The van der Waals surface area contributed by atoms with Gasteiger partial charge < -0.3 is 14.8 Å². The average molecular weight is 338 g/mol. The summed E-state index contributed by atoms with van der Waals surface area (Å²) < 4.78 is 18.1. The number of aromatic carboxylic acids is 1. The van der Waals surface area contributed by atoms with Crippen molar-refractivity contribution < 1.29 is 23.5 Å². The standard InChI is InChI=1S/C16H13ClFNO4/c17-12-6-10(18)1-2-11(12)16(3-4-16)8-19-14(20)13-5-9(7-23-13)15(21)22/h1-2,5-7H,3-4,8H2,(H,19,20)(H,21,22). The molecule has 1 saturated carbocycles. The van der Waals surface area contributed by atoms with Crippen LogP contribution in [0.1, 0.15) is 39.3 Å². The van der Waals surface area contributed by atoms with Gasteiger partial charge in [-0.25, -0.2) is 9.18 Å². The Bertz CT molecular complexity index is 782. The van der Waals surface area contributed by atoms with E-state index in [1.165, 1.54) is 18.2 Å². The van der Waals surface area contributed by atoms with Crippen LogP contribution in [0.5, 0.6) is 0 Å². The summed E-state index contributed by atoms with van der Waals surface area (Å²) in [7, 11) is 0. The molecule has 0 aliphatic heterocycles. The molecule has 7 heteroatoms. The van der Waals surface area contributed by atoms with E-state index < -0.39 is 17.7 Å². The zero-order chi connectivity index (χ0) is 16.6. The molecule has 0 atom stereocenters. The molecule has 23 heavy (non-hydrogen) atoms. The van der Waals surface area contributed by atoms with Crippen molar-refractivity contribution in [2.75, 3.05) is 6.54 Å². The van der Waals surface area contributed by atoms with Gasteiger partial charge in [0.15, 0.2) is 5.76 Å². The lowest BCUT2D eigenvalue weighted by molar-refractivity contribution is 0.0696. The Balaban J connectivity index is 1.69. The molecule has 1 aliphatic rings. The highest BCUT2D eigenvalue weighted by molar-refractivity contribution is 6.31. The van der Waals surface area contributed by atoms with Crippen LogP contribution in [0.2, 0.25) is 5.02 Å². The van der Waals surface area contributed by atoms with Crippen molar-refractivity contribution in [2.45, 2.75) is 18.3 Å². The van der Waals surface area contributed by atoms with E-state index in [2.05, 4.69) is 5.32 Å². The fourth-order valence-electron chi connectivity index (χ4n) is 2.52. The minimum atomic E-state index is -1.16. The number of carbonyl (C=O) groups is 2. The Labute approximate surface area is 136 Å². The maximum atomic E-state index is 13.1. The van der Waals surface area contributed by atoms with Gasteiger partial charge in [0.1, 0.15) is 12.1 Å². The molecule has 5 nitrogen and oxygen atoms in total. The molecule has 1 fully saturated rings. The molecular formula is C16H13ClFNO4. The van der Waals surface area contributed by atoms with Crippen molar-refractivity contribution in [3.05, 3.63) is 58.3 Å². The van der Waals surface area contributed by atoms with E-state index in [-0.39, 0.29) is 16.7 Å². The van der Waals surface area contributed by atoms with Gasteiger partial charge in [-0.3, -0.25) is 4.79 Å². The smallest absolute Gasteiger partial charge is 0.338 e. The third-order valence-electron chi connectivity index (χ3n) is 4.01. The monoisotopic (exact) mass is 337 g/mol. The maximum absolute atomic E-state index is 13.1. The summed E-state index contributed by atoms with van der Waals surface area (Å²) in [5.41, 5.74) is 0.409. The van der Waals surface area contributed by atoms with Crippen molar-refractivity contribution in [1.29, 1.82) is 0 Å². The highest BCUT2D eigenvalue weighted by atomic mass is 35.5. The first-order valence-electron chi connectivity index (χ1n) is 6.97. The number of carboxylic acids is 1. The summed E-state index contributed by atoms with van der Waals surface area (Å²) in [6, 6.07) is 5.40. The van der Waals surface area contributed by atoms with E-state index in [1.54, 1.807) is 6.07 Å². The van der Waals surface area contributed by atoms with Crippen LogP contribution in [0.3, 0.4) is 0 Å². The van der Waals surface area contributed by atoms with E-state index in [9.17, 15) is 14.0 Å². The van der Waals surface area contributed by atoms with Gasteiger partial charge in [0.05, 0.1) is 5.56 Å². The maximum Gasteiger partial charge on any atom is 0.338 e. The van der Waals surface area contributed by atoms with Crippen LogP contribution in [0.4, 0.5) is 4.39 Å². The second-order valence-corrected chi connectivity index (χ2v) is 6.00.